The Labute approximate surface area is 155 Å². The van der Waals surface area contributed by atoms with Crippen LogP contribution in [0.2, 0.25) is 0 Å². The van der Waals surface area contributed by atoms with Crippen molar-refractivity contribution in [1.29, 1.82) is 0 Å². The molecule has 1 N–H and O–H groups in total. The second kappa shape index (κ2) is 8.26. The number of aliphatic carboxylic acids is 1. The zero-order valence-electron chi connectivity index (χ0n) is 13.7. The SMILES string of the molecule is CC(C)[C@@H](NC(=O)CN1C(=O)/C(=C/c2ccccc2)SC1=S)C(=O)[O-]. The van der Waals surface area contributed by atoms with Crippen molar-refractivity contribution in [3.05, 3.63) is 40.8 Å². The first-order valence-corrected chi connectivity index (χ1v) is 8.82. The lowest BCUT2D eigenvalue weighted by molar-refractivity contribution is -0.309. The van der Waals surface area contributed by atoms with Crippen LogP contribution in [0.15, 0.2) is 35.2 Å². The molecular formula is C17H17N2O4S2-. The van der Waals surface area contributed by atoms with Crippen molar-refractivity contribution in [3.8, 4) is 0 Å². The lowest BCUT2D eigenvalue weighted by Gasteiger charge is -2.24. The van der Waals surface area contributed by atoms with Crippen LogP contribution in [0.4, 0.5) is 0 Å². The summed E-state index contributed by atoms with van der Waals surface area (Å²) in [7, 11) is 0. The van der Waals surface area contributed by atoms with E-state index in [-0.39, 0.29) is 22.7 Å². The maximum atomic E-state index is 12.4. The number of carboxylic acids is 1. The number of thiocarbonyl (C=S) groups is 1. The number of amides is 2. The highest BCUT2D eigenvalue weighted by Crippen LogP contribution is 2.32. The van der Waals surface area contributed by atoms with Crippen molar-refractivity contribution in [2.24, 2.45) is 5.92 Å². The first-order chi connectivity index (χ1) is 11.8. The zero-order valence-corrected chi connectivity index (χ0v) is 15.4. The van der Waals surface area contributed by atoms with Crippen molar-refractivity contribution in [1.82, 2.24) is 10.2 Å². The molecule has 0 radical (unpaired) electrons. The topological polar surface area (TPSA) is 89.5 Å². The number of hydrogen-bond acceptors (Lipinski definition) is 6. The molecule has 6 nitrogen and oxygen atoms in total. The van der Waals surface area contributed by atoms with Gasteiger partial charge in [-0.15, -0.1) is 0 Å². The van der Waals surface area contributed by atoms with Crippen LogP contribution in [-0.4, -0.2) is 39.6 Å². The van der Waals surface area contributed by atoms with Gasteiger partial charge in [0.25, 0.3) is 5.91 Å². The summed E-state index contributed by atoms with van der Waals surface area (Å²) >= 11 is 6.27. The number of carbonyl (C=O) groups excluding carboxylic acids is 3. The summed E-state index contributed by atoms with van der Waals surface area (Å²) in [5, 5.41) is 13.4. The number of nitrogens with one attached hydrogen (secondary N) is 1. The third kappa shape index (κ3) is 4.90. The second-order valence-electron chi connectivity index (χ2n) is 5.79. The Kier molecular flexibility index (Phi) is 6.33. The monoisotopic (exact) mass is 377 g/mol. The molecule has 2 rings (SSSR count). The quantitative estimate of drug-likeness (QED) is 0.582. The lowest BCUT2D eigenvalue weighted by atomic mass is 10.0. The van der Waals surface area contributed by atoms with Crippen molar-refractivity contribution < 1.29 is 19.5 Å². The normalized spacial score (nSPS) is 17.2. The van der Waals surface area contributed by atoms with E-state index in [4.69, 9.17) is 12.2 Å². The van der Waals surface area contributed by atoms with E-state index in [1.165, 1.54) is 0 Å². The molecule has 0 saturated carbocycles. The van der Waals surface area contributed by atoms with Crippen LogP contribution in [0.25, 0.3) is 6.08 Å². The van der Waals surface area contributed by atoms with Crippen LogP contribution in [0, 0.1) is 5.92 Å². The first-order valence-electron chi connectivity index (χ1n) is 7.60. The van der Waals surface area contributed by atoms with E-state index < -0.39 is 17.9 Å². The molecule has 1 saturated heterocycles. The van der Waals surface area contributed by atoms with Gasteiger partial charge in [-0.25, -0.2) is 0 Å². The summed E-state index contributed by atoms with van der Waals surface area (Å²) < 4.78 is 0.261. The standard InChI is InChI=1S/C17H18N2O4S2/c1-10(2)14(16(22)23)18-13(20)9-19-15(21)12(25-17(19)24)8-11-6-4-3-5-7-11/h3-8,10,14H,9H2,1-2H3,(H,18,20)(H,22,23)/p-1/b12-8-/t14-/m1/s1. The summed E-state index contributed by atoms with van der Waals surface area (Å²) in [6.45, 7) is 2.99. The van der Waals surface area contributed by atoms with Crippen LogP contribution in [0.1, 0.15) is 19.4 Å². The Hall–Kier alpha value is -2.19. The molecule has 25 heavy (non-hydrogen) atoms. The first kappa shape index (κ1) is 19.1. The number of hydrogen-bond donors (Lipinski definition) is 1. The second-order valence-corrected chi connectivity index (χ2v) is 7.46. The van der Waals surface area contributed by atoms with Gasteiger partial charge in [0.1, 0.15) is 10.9 Å². The van der Waals surface area contributed by atoms with Crippen LogP contribution >= 0.6 is 24.0 Å². The van der Waals surface area contributed by atoms with Crippen molar-refractivity contribution in [3.63, 3.8) is 0 Å². The molecule has 1 aromatic carbocycles. The maximum absolute atomic E-state index is 12.4. The summed E-state index contributed by atoms with van der Waals surface area (Å²) in [5.41, 5.74) is 0.851. The zero-order chi connectivity index (χ0) is 18.6. The molecule has 1 fully saturated rings. The van der Waals surface area contributed by atoms with Gasteiger partial charge in [-0.1, -0.05) is 68.2 Å². The molecule has 132 valence electrons. The molecular weight excluding hydrogens is 360 g/mol. The molecule has 0 unspecified atom stereocenters. The van der Waals surface area contributed by atoms with Gasteiger partial charge >= 0.3 is 0 Å². The number of thioether (sulfide) groups is 1. The van der Waals surface area contributed by atoms with E-state index in [0.29, 0.717) is 4.91 Å². The number of carbonyl (C=O) groups is 3. The van der Waals surface area contributed by atoms with E-state index in [2.05, 4.69) is 5.32 Å². The van der Waals surface area contributed by atoms with Gasteiger partial charge in [-0.05, 0) is 17.6 Å². The molecule has 0 bridgehead atoms. The Bertz CT molecular complexity index is 731. The summed E-state index contributed by atoms with van der Waals surface area (Å²) in [6.07, 6.45) is 1.70. The van der Waals surface area contributed by atoms with Crippen LogP contribution in [0.5, 0.6) is 0 Å². The predicted octanol–water partition coefficient (Wildman–Crippen LogP) is 0.778. The largest absolute Gasteiger partial charge is 0.548 e. The third-order valence-electron chi connectivity index (χ3n) is 3.51. The van der Waals surface area contributed by atoms with Gasteiger partial charge in [0, 0.05) is 0 Å². The molecule has 8 heteroatoms. The Morgan fingerprint density at radius 3 is 2.52 bits per heavy atom. The Morgan fingerprint density at radius 2 is 1.96 bits per heavy atom. The molecule has 0 spiro atoms. The van der Waals surface area contributed by atoms with Crippen LogP contribution in [-0.2, 0) is 14.4 Å². The lowest BCUT2D eigenvalue weighted by Crippen LogP contribution is -2.53. The fourth-order valence-electron chi connectivity index (χ4n) is 2.20. The molecule has 1 aromatic rings. The summed E-state index contributed by atoms with van der Waals surface area (Å²) in [6, 6.07) is 8.16. The van der Waals surface area contributed by atoms with Gasteiger partial charge in [0.2, 0.25) is 5.91 Å². The smallest absolute Gasteiger partial charge is 0.266 e. The highest BCUT2D eigenvalue weighted by Gasteiger charge is 2.33. The molecule has 1 aliphatic rings. The molecule has 2 amide bonds. The minimum atomic E-state index is -1.36. The van der Waals surface area contributed by atoms with E-state index in [9.17, 15) is 19.5 Å². The minimum Gasteiger partial charge on any atom is -0.548 e. The maximum Gasteiger partial charge on any atom is 0.266 e. The Morgan fingerprint density at radius 1 is 1.32 bits per heavy atom. The van der Waals surface area contributed by atoms with Crippen LogP contribution < -0.4 is 10.4 Å². The fourth-order valence-corrected chi connectivity index (χ4v) is 3.45. The molecule has 0 aromatic heterocycles. The molecule has 1 heterocycles. The Balaban J connectivity index is 2.06. The number of nitrogens with zero attached hydrogens (tertiary/aromatic N) is 1. The average molecular weight is 377 g/mol. The van der Waals surface area contributed by atoms with Crippen LogP contribution in [0.3, 0.4) is 0 Å². The van der Waals surface area contributed by atoms with E-state index >= 15 is 0 Å². The highest BCUT2D eigenvalue weighted by molar-refractivity contribution is 8.26. The number of benzene rings is 1. The average Bonchev–Trinajstić information content (AvgIpc) is 2.80. The number of carboxylic acid groups (broad SMARTS) is 1. The van der Waals surface area contributed by atoms with Crippen molar-refractivity contribution in [2.45, 2.75) is 19.9 Å². The van der Waals surface area contributed by atoms with E-state index in [1.54, 1.807) is 19.9 Å². The van der Waals surface area contributed by atoms with Gasteiger partial charge in [0.05, 0.1) is 16.9 Å². The van der Waals surface area contributed by atoms with Gasteiger partial charge in [-0.2, -0.15) is 0 Å². The third-order valence-corrected chi connectivity index (χ3v) is 4.89. The molecule has 1 aliphatic heterocycles. The summed E-state index contributed by atoms with van der Waals surface area (Å²) in [5.74, 6) is -2.67. The van der Waals surface area contributed by atoms with E-state index in [1.807, 2.05) is 30.3 Å². The summed E-state index contributed by atoms with van der Waals surface area (Å²) in [4.78, 5) is 37.2. The molecule has 0 aliphatic carbocycles. The van der Waals surface area contributed by atoms with Gasteiger partial charge < -0.3 is 15.2 Å². The predicted molar refractivity (Wildman–Crippen MR) is 98.1 cm³/mol. The van der Waals surface area contributed by atoms with Gasteiger partial charge in [-0.3, -0.25) is 14.5 Å². The highest BCUT2D eigenvalue weighted by atomic mass is 32.2. The fraction of sp³-hybridized carbons (Fsp3) is 0.294. The molecule has 1 atom stereocenters. The van der Waals surface area contributed by atoms with Crippen molar-refractivity contribution >= 4 is 52.2 Å². The minimum absolute atomic E-state index is 0.261. The van der Waals surface area contributed by atoms with E-state index in [0.717, 1.165) is 22.2 Å². The van der Waals surface area contributed by atoms with Crippen molar-refractivity contribution in [2.75, 3.05) is 6.54 Å². The van der Waals surface area contributed by atoms with Gasteiger partial charge in [0.15, 0.2) is 0 Å². The number of rotatable bonds is 6.